The number of esters is 2. The van der Waals surface area contributed by atoms with E-state index in [0.29, 0.717) is 21.6 Å². The van der Waals surface area contributed by atoms with Crippen LogP contribution in [-0.4, -0.2) is 91.6 Å². The van der Waals surface area contributed by atoms with Crippen molar-refractivity contribution >= 4 is 75.9 Å². The summed E-state index contributed by atoms with van der Waals surface area (Å²) in [5.74, 6) is -0.854. The van der Waals surface area contributed by atoms with Gasteiger partial charge in [-0.25, -0.2) is 9.97 Å². The maximum Gasteiger partial charge on any atom is 0.318 e. The number of fused-ring (bicyclic) bond motifs is 1. The molecule has 4 heterocycles. The van der Waals surface area contributed by atoms with Crippen LogP contribution >= 0.6 is 46.4 Å². The van der Waals surface area contributed by atoms with E-state index >= 15 is 0 Å². The summed E-state index contributed by atoms with van der Waals surface area (Å²) in [5, 5.41) is 7.77. The average molecular weight is 643 g/mol. The van der Waals surface area contributed by atoms with Crippen LogP contribution < -0.4 is 5.32 Å². The van der Waals surface area contributed by atoms with E-state index in [2.05, 4.69) is 24.8 Å². The number of nitrogens with one attached hydrogen (secondary N) is 1. The van der Waals surface area contributed by atoms with Crippen LogP contribution in [0.25, 0.3) is 0 Å². The van der Waals surface area contributed by atoms with Crippen LogP contribution in [0.2, 0.25) is 0 Å². The first-order chi connectivity index (χ1) is 19.3. The predicted molar refractivity (Wildman–Crippen MR) is 154 cm³/mol. The highest BCUT2D eigenvalue weighted by molar-refractivity contribution is 8.01. The molecule has 4 atom stereocenters. The van der Waals surface area contributed by atoms with Gasteiger partial charge in [0.2, 0.25) is 12.2 Å². The molecule has 17 heteroatoms. The number of hydrogen-bond acceptors (Lipinski definition) is 15. The number of oxime groups is 1. The number of aryl methyl sites for hydroxylation is 1. The molecule has 0 saturated carbocycles. The number of β-lactam (4-membered cyclic amide) rings is 1. The second-order valence-corrected chi connectivity index (χ2v) is 14.2. The predicted octanol–water partition coefficient (Wildman–Crippen LogP) is 2.31. The zero-order chi connectivity index (χ0) is 29.9. The first kappa shape index (κ1) is 31.2. The number of thioether (sulfide) groups is 2. The van der Waals surface area contributed by atoms with Crippen molar-refractivity contribution in [1.29, 1.82) is 0 Å². The Balaban J connectivity index is 1.47. The van der Waals surface area contributed by atoms with Crippen LogP contribution in [0, 0.1) is 17.8 Å². The van der Waals surface area contributed by atoms with Gasteiger partial charge in [0.25, 0.3) is 5.91 Å². The third-order valence-electron chi connectivity index (χ3n) is 6.08. The molecule has 1 N–H and O–H groups in total. The quantitative estimate of drug-likeness (QED) is 0.101. The number of rotatable bonds is 10. The molecule has 2 aliphatic rings. The molecule has 0 radical (unpaired) electrons. The van der Waals surface area contributed by atoms with Gasteiger partial charge in [-0.15, -0.1) is 23.1 Å². The van der Waals surface area contributed by atoms with Gasteiger partial charge in [0.1, 0.15) is 35.5 Å². The number of carbonyl (C=O) groups excluding carboxylic acids is 4. The molecule has 0 aromatic carbocycles. The summed E-state index contributed by atoms with van der Waals surface area (Å²) >= 11 is 5.23. The lowest BCUT2D eigenvalue weighted by Gasteiger charge is -2.54. The molecule has 0 bridgehead atoms. The Kier molecular flexibility index (Phi) is 9.60. The summed E-state index contributed by atoms with van der Waals surface area (Å²) in [5.41, 5.74) is -0.0373. The monoisotopic (exact) mass is 642 g/mol. The Bertz CT molecular complexity index is 1330. The Hall–Kier alpha value is -2.76. The van der Waals surface area contributed by atoms with E-state index in [0.717, 1.165) is 0 Å². The summed E-state index contributed by atoms with van der Waals surface area (Å²) in [4.78, 5) is 66.9. The number of carbonyl (C=O) groups is 4. The van der Waals surface area contributed by atoms with E-state index in [-0.39, 0.29) is 23.9 Å². The van der Waals surface area contributed by atoms with E-state index in [1.54, 1.807) is 43.5 Å². The molecule has 0 aliphatic carbocycles. The molecule has 2 amide bonds. The topological polar surface area (TPSA) is 162 Å². The molecule has 2 aromatic heterocycles. The number of nitrogens with zero attached hydrogens (tertiary/aromatic N) is 5. The third-order valence-corrected chi connectivity index (χ3v) is 10.5. The molecule has 2 fully saturated rings. The van der Waals surface area contributed by atoms with E-state index in [9.17, 15) is 19.2 Å². The highest BCUT2D eigenvalue weighted by atomic mass is 32.2. The van der Waals surface area contributed by atoms with Gasteiger partial charge in [0, 0.05) is 30.4 Å². The molecule has 13 nitrogen and oxygen atoms in total. The molecule has 3 unspecified atom stereocenters. The lowest BCUT2D eigenvalue weighted by molar-refractivity contribution is -0.196. The zero-order valence-corrected chi connectivity index (χ0v) is 26.5. The van der Waals surface area contributed by atoms with Crippen LogP contribution in [0.3, 0.4) is 0 Å². The van der Waals surface area contributed by atoms with Gasteiger partial charge < -0.3 is 24.5 Å². The molecule has 2 saturated heterocycles. The average Bonchev–Trinajstić information content (AvgIpc) is 3.60. The highest BCUT2D eigenvalue weighted by Gasteiger charge is 2.58. The van der Waals surface area contributed by atoms with Crippen LogP contribution in [0.1, 0.15) is 39.2 Å². The lowest BCUT2D eigenvalue weighted by Crippen LogP contribution is -2.74. The first-order valence-corrected chi connectivity index (χ1v) is 16.2. The van der Waals surface area contributed by atoms with E-state index < -0.39 is 46.4 Å². The SMILES string of the molecule is CON=C(C(=O)NC1C(=O)N2CC(CSc3nc(C)ns3)(C(=O)OC(C)OC(=O)C(C)(C)C)CS[C@H]12)c1cscn1. The lowest BCUT2D eigenvalue weighted by atomic mass is 9.89. The van der Waals surface area contributed by atoms with E-state index in [4.69, 9.17) is 14.3 Å². The second kappa shape index (κ2) is 12.6. The first-order valence-electron chi connectivity index (χ1n) is 12.4. The number of hydrogen-bond donors (Lipinski definition) is 1. The summed E-state index contributed by atoms with van der Waals surface area (Å²) in [6.45, 7) is 8.43. The number of thiazole rings is 1. The second-order valence-electron chi connectivity index (χ2n) is 10.4. The minimum atomic E-state index is -1.12. The van der Waals surface area contributed by atoms with Crippen molar-refractivity contribution in [2.24, 2.45) is 16.0 Å². The molecule has 2 aromatic rings. The van der Waals surface area contributed by atoms with Crippen LogP contribution in [0.15, 0.2) is 20.4 Å². The van der Waals surface area contributed by atoms with Crippen molar-refractivity contribution in [2.45, 2.75) is 56.7 Å². The standard InChI is InChI=1S/C24H30N6O7S4/c1-12-26-22(41-29-12)40-10-24(21(34)37-13(2)36-20(33)23(3,4)5)8-30-18(32)16(19(30)39-9-24)27-17(31)15(28-35-6)14-7-38-11-25-14/h7,11,13,16,19H,8-10H2,1-6H3,(H,27,31)/t13?,16?,19-,24?/m1/s1. The minimum Gasteiger partial charge on any atom is -0.425 e. The van der Waals surface area contributed by atoms with Gasteiger partial charge in [0.05, 0.1) is 10.9 Å². The Labute approximate surface area is 253 Å². The summed E-state index contributed by atoms with van der Waals surface area (Å²) in [7, 11) is 1.32. The zero-order valence-electron chi connectivity index (χ0n) is 23.2. The van der Waals surface area contributed by atoms with Gasteiger partial charge in [0.15, 0.2) is 10.1 Å². The number of ether oxygens (including phenoxy) is 2. The van der Waals surface area contributed by atoms with Gasteiger partial charge in [-0.3, -0.25) is 19.2 Å². The molecule has 2 aliphatic heterocycles. The summed E-state index contributed by atoms with van der Waals surface area (Å²) < 4.78 is 15.8. The Morgan fingerprint density at radius 3 is 2.68 bits per heavy atom. The van der Waals surface area contributed by atoms with Gasteiger partial charge in [-0.05, 0) is 39.2 Å². The van der Waals surface area contributed by atoms with Crippen molar-refractivity contribution in [2.75, 3.05) is 25.2 Å². The number of aromatic nitrogens is 3. The molecule has 0 spiro atoms. The van der Waals surface area contributed by atoms with Crippen LogP contribution in [0.4, 0.5) is 0 Å². The molecule has 41 heavy (non-hydrogen) atoms. The van der Waals surface area contributed by atoms with Crippen molar-refractivity contribution in [3.63, 3.8) is 0 Å². The maximum absolute atomic E-state index is 13.6. The van der Waals surface area contributed by atoms with Crippen molar-refractivity contribution in [3.05, 3.63) is 22.4 Å². The van der Waals surface area contributed by atoms with Crippen LogP contribution in [0.5, 0.6) is 0 Å². The van der Waals surface area contributed by atoms with Gasteiger partial charge in [-0.1, -0.05) is 16.9 Å². The number of amides is 2. The highest BCUT2D eigenvalue weighted by Crippen LogP contribution is 2.45. The van der Waals surface area contributed by atoms with Crippen molar-refractivity contribution < 1.29 is 33.5 Å². The maximum atomic E-state index is 13.6. The normalized spacial score (nSPS) is 23.2. The Morgan fingerprint density at radius 2 is 2.07 bits per heavy atom. The molecular weight excluding hydrogens is 613 g/mol. The third kappa shape index (κ3) is 7.01. The van der Waals surface area contributed by atoms with Crippen molar-refractivity contribution in [3.8, 4) is 0 Å². The molecular formula is C24H30N6O7S4. The summed E-state index contributed by atoms with van der Waals surface area (Å²) in [6.07, 6.45) is -1.12. The van der Waals surface area contributed by atoms with Gasteiger partial charge >= 0.3 is 11.9 Å². The molecule has 4 rings (SSSR count). The minimum absolute atomic E-state index is 0.0405. The smallest absolute Gasteiger partial charge is 0.318 e. The van der Waals surface area contributed by atoms with Crippen LogP contribution in [-0.2, 0) is 33.5 Å². The Morgan fingerprint density at radius 1 is 1.32 bits per heavy atom. The fraction of sp³-hybridized carbons (Fsp3) is 0.583. The molecule has 222 valence electrons. The summed E-state index contributed by atoms with van der Waals surface area (Å²) in [6, 6.07) is -0.813. The van der Waals surface area contributed by atoms with Gasteiger partial charge in [-0.2, -0.15) is 4.37 Å². The fourth-order valence-corrected chi connectivity index (χ4v) is 7.93. The van der Waals surface area contributed by atoms with E-state index in [1.807, 2.05) is 0 Å². The van der Waals surface area contributed by atoms with Crippen molar-refractivity contribution in [1.82, 2.24) is 24.6 Å². The van der Waals surface area contributed by atoms with E-state index in [1.165, 1.54) is 60.4 Å². The largest absolute Gasteiger partial charge is 0.425 e. The fourth-order valence-electron chi connectivity index (χ4n) is 3.90.